The van der Waals surface area contributed by atoms with E-state index in [2.05, 4.69) is 25.0 Å². The fraction of sp³-hybridized carbons (Fsp3) is 0.471. The summed E-state index contributed by atoms with van der Waals surface area (Å²) in [7, 11) is 0. The van der Waals surface area contributed by atoms with Gasteiger partial charge in [0.1, 0.15) is 23.0 Å². The molecule has 1 fully saturated rings. The molecule has 0 aliphatic carbocycles. The number of hydrogen-bond donors (Lipinski definition) is 1. The van der Waals surface area contributed by atoms with Gasteiger partial charge < -0.3 is 9.72 Å². The summed E-state index contributed by atoms with van der Waals surface area (Å²) in [5, 5.41) is 4.40. The van der Waals surface area contributed by atoms with Crippen LogP contribution in [0.1, 0.15) is 17.5 Å². The Balaban J connectivity index is 1.43. The van der Waals surface area contributed by atoms with Gasteiger partial charge in [0.05, 0.1) is 31.3 Å². The summed E-state index contributed by atoms with van der Waals surface area (Å²) in [6, 6.07) is 4.96. The van der Waals surface area contributed by atoms with Gasteiger partial charge in [0.2, 0.25) is 0 Å². The van der Waals surface area contributed by atoms with E-state index >= 15 is 0 Å². The maximum atomic E-state index is 13.8. The lowest BCUT2D eigenvalue weighted by Crippen LogP contribution is -2.44. The van der Waals surface area contributed by atoms with Crippen molar-refractivity contribution < 1.29 is 9.13 Å². The predicted octanol–water partition coefficient (Wildman–Crippen LogP) is 1.81. The van der Waals surface area contributed by atoms with Crippen LogP contribution in [0, 0.1) is 19.7 Å². The number of aromatic nitrogens is 5. The minimum atomic E-state index is -0.295. The Hall–Kier alpha value is -2.32. The minimum absolute atomic E-state index is 0.0506. The number of aromatic amines is 1. The number of imidazole rings is 1. The van der Waals surface area contributed by atoms with Crippen molar-refractivity contribution in [1.29, 1.82) is 0 Å². The monoisotopic (exact) mass is 344 g/mol. The van der Waals surface area contributed by atoms with E-state index in [1.165, 1.54) is 6.07 Å². The fourth-order valence-electron chi connectivity index (χ4n) is 3.30. The molecule has 1 saturated heterocycles. The van der Waals surface area contributed by atoms with Crippen molar-refractivity contribution in [3.63, 3.8) is 0 Å². The molecule has 0 spiro atoms. The maximum absolute atomic E-state index is 13.8. The van der Waals surface area contributed by atoms with Crippen molar-refractivity contribution in [3.8, 4) is 0 Å². The van der Waals surface area contributed by atoms with Crippen LogP contribution in [-0.4, -0.2) is 55.4 Å². The molecule has 0 saturated carbocycles. The van der Waals surface area contributed by atoms with Crippen LogP contribution < -0.4 is 0 Å². The van der Waals surface area contributed by atoms with Crippen LogP contribution in [0.3, 0.4) is 0 Å². The SMILES string of the molecule is Cc1nc(C)n(C[C@@H]2CN(Cc3nc4c(F)cccc4[nH]3)CCO2)n1. The van der Waals surface area contributed by atoms with Gasteiger partial charge in [-0.05, 0) is 26.0 Å². The number of halogens is 1. The van der Waals surface area contributed by atoms with Crippen LogP contribution in [0.15, 0.2) is 18.2 Å². The Morgan fingerprint density at radius 2 is 2.20 bits per heavy atom. The molecule has 1 aliphatic rings. The van der Waals surface area contributed by atoms with E-state index in [0.717, 1.165) is 36.1 Å². The van der Waals surface area contributed by atoms with Crippen molar-refractivity contribution in [1.82, 2.24) is 29.6 Å². The van der Waals surface area contributed by atoms with Gasteiger partial charge in [-0.15, -0.1) is 0 Å². The third-order valence-corrected chi connectivity index (χ3v) is 4.45. The lowest BCUT2D eigenvalue weighted by molar-refractivity contribution is -0.0411. The van der Waals surface area contributed by atoms with Crippen LogP contribution in [0.4, 0.5) is 4.39 Å². The Kier molecular flexibility index (Phi) is 4.22. The van der Waals surface area contributed by atoms with E-state index in [-0.39, 0.29) is 11.9 Å². The van der Waals surface area contributed by atoms with Gasteiger partial charge in [0.15, 0.2) is 5.82 Å². The number of nitrogens with zero attached hydrogens (tertiary/aromatic N) is 5. The number of para-hydroxylation sites is 1. The Morgan fingerprint density at radius 1 is 1.32 bits per heavy atom. The highest BCUT2D eigenvalue weighted by Crippen LogP contribution is 2.17. The number of nitrogens with one attached hydrogen (secondary N) is 1. The topological polar surface area (TPSA) is 71.9 Å². The van der Waals surface area contributed by atoms with E-state index in [9.17, 15) is 4.39 Å². The lowest BCUT2D eigenvalue weighted by Gasteiger charge is -2.32. The number of morpholine rings is 1. The molecule has 0 bridgehead atoms. The molecule has 0 amide bonds. The van der Waals surface area contributed by atoms with Crippen molar-refractivity contribution in [3.05, 3.63) is 41.5 Å². The summed E-state index contributed by atoms with van der Waals surface area (Å²) in [5.41, 5.74) is 1.13. The number of fused-ring (bicyclic) bond motifs is 1. The van der Waals surface area contributed by atoms with Crippen molar-refractivity contribution in [2.75, 3.05) is 19.7 Å². The first kappa shape index (κ1) is 16.2. The summed E-state index contributed by atoms with van der Waals surface area (Å²) < 4.78 is 21.6. The molecule has 1 atom stereocenters. The van der Waals surface area contributed by atoms with E-state index < -0.39 is 0 Å². The number of benzene rings is 1. The summed E-state index contributed by atoms with van der Waals surface area (Å²) in [4.78, 5) is 14.2. The number of rotatable bonds is 4. The summed E-state index contributed by atoms with van der Waals surface area (Å²) in [6.45, 7) is 7.41. The zero-order valence-electron chi connectivity index (χ0n) is 14.4. The lowest BCUT2D eigenvalue weighted by atomic mass is 10.2. The van der Waals surface area contributed by atoms with Gasteiger partial charge in [-0.3, -0.25) is 4.90 Å². The first-order chi connectivity index (χ1) is 12.1. The summed E-state index contributed by atoms with van der Waals surface area (Å²) in [5.74, 6) is 2.14. The summed E-state index contributed by atoms with van der Waals surface area (Å²) in [6.07, 6.45) is 0.0506. The molecular formula is C17H21FN6O. The normalized spacial score (nSPS) is 18.9. The van der Waals surface area contributed by atoms with E-state index in [1.807, 2.05) is 24.6 Å². The van der Waals surface area contributed by atoms with Crippen LogP contribution >= 0.6 is 0 Å². The highest BCUT2D eigenvalue weighted by Gasteiger charge is 2.23. The summed E-state index contributed by atoms with van der Waals surface area (Å²) >= 11 is 0. The van der Waals surface area contributed by atoms with Crippen LogP contribution in [0.2, 0.25) is 0 Å². The molecule has 132 valence electrons. The number of ether oxygens (including phenoxy) is 1. The maximum Gasteiger partial charge on any atom is 0.151 e. The molecule has 1 aromatic carbocycles. The molecule has 1 aliphatic heterocycles. The zero-order valence-corrected chi connectivity index (χ0v) is 14.4. The average Bonchev–Trinajstić information content (AvgIpc) is 3.11. The molecule has 2 aromatic heterocycles. The highest BCUT2D eigenvalue weighted by molar-refractivity contribution is 5.75. The first-order valence-electron chi connectivity index (χ1n) is 8.43. The van der Waals surface area contributed by atoms with Gasteiger partial charge in [0, 0.05) is 13.1 Å². The molecule has 1 N–H and O–H groups in total. The molecule has 8 heteroatoms. The van der Waals surface area contributed by atoms with Gasteiger partial charge in [0.25, 0.3) is 0 Å². The first-order valence-corrected chi connectivity index (χ1v) is 8.43. The van der Waals surface area contributed by atoms with E-state index in [4.69, 9.17) is 4.74 Å². The van der Waals surface area contributed by atoms with Gasteiger partial charge in [-0.25, -0.2) is 19.0 Å². The van der Waals surface area contributed by atoms with Crippen molar-refractivity contribution in [2.24, 2.45) is 0 Å². The standard InChI is InChI=1S/C17H21FN6O/c1-11-19-12(2)24(22-11)9-13-8-23(6-7-25-13)10-16-20-15-5-3-4-14(18)17(15)21-16/h3-5,13H,6-10H2,1-2H3,(H,20,21)/t13-/m0/s1. The van der Waals surface area contributed by atoms with E-state index in [1.54, 1.807) is 6.07 Å². The zero-order chi connectivity index (χ0) is 17.4. The van der Waals surface area contributed by atoms with Crippen molar-refractivity contribution >= 4 is 11.0 Å². The molecule has 0 radical (unpaired) electrons. The van der Waals surface area contributed by atoms with E-state index in [0.29, 0.717) is 25.2 Å². The Bertz CT molecular complexity index is 889. The molecule has 25 heavy (non-hydrogen) atoms. The molecule has 7 nitrogen and oxygen atoms in total. The average molecular weight is 344 g/mol. The molecule has 3 heterocycles. The predicted molar refractivity (Wildman–Crippen MR) is 90.6 cm³/mol. The second-order valence-electron chi connectivity index (χ2n) is 6.44. The molecule has 0 unspecified atom stereocenters. The van der Waals surface area contributed by atoms with Gasteiger partial charge >= 0.3 is 0 Å². The quantitative estimate of drug-likeness (QED) is 0.781. The Labute approximate surface area is 144 Å². The van der Waals surface area contributed by atoms with Crippen LogP contribution in [0.25, 0.3) is 11.0 Å². The second-order valence-corrected chi connectivity index (χ2v) is 6.44. The Morgan fingerprint density at radius 3 is 2.96 bits per heavy atom. The third-order valence-electron chi connectivity index (χ3n) is 4.45. The van der Waals surface area contributed by atoms with Gasteiger partial charge in [-0.1, -0.05) is 6.07 Å². The highest BCUT2D eigenvalue weighted by atomic mass is 19.1. The minimum Gasteiger partial charge on any atom is -0.374 e. The smallest absolute Gasteiger partial charge is 0.151 e. The van der Waals surface area contributed by atoms with Crippen LogP contribution in [0.5, 0.6) is 0 Å². The second kappa shape index (κ2) is 6.53. The van der Waals surface area contributed by atoms with Gasteiger partial charge in [-0.2, -0.15) is 5.10 Å². The molecule has 3 aromatic rings. The fourth-order valence-corrected chi connectivity index (χ4v) is 3.30. The number of H-pyrrole nitrogens is 1. The number of aryl methyl sites for hydroxylation is 2. The molecule has 4 rings (SSSR count). The molecular weight excluding hydrogens is 323 g/mol. The van der Waals surface area contributed by atoms with Crippen molar-refractivity contribution in [2.45, 2.75) is 33.0 Å². The largest absolute Gasteiger partial charge is 0.374 e. The third kappa shape index (κ3) is 3.40. The van der Waals surface area contributed by atoms with Crippen LogP contribution in [-0.2, 0) is 17.8 Å². The number of hydrogen-bond acceptors (Lipinski definition) is 5.